The van der Waals surface area contributed by atoms with Crippen LogP contribution in [0.1, 0.15) is 35.2 Å². The van der Waals surface area contributed by atoms with Crippen molar-refractivity contribution >= 4 is 11.8 Å². The van der Waals surface area contributed by atoms with Crippen molar-refractivity contribution in [1.82, 2.24) is 10.6 Å². The van der Waals surface area contributed by atoms with E-state index in [1.165, 1.54) is 25.3 Å². The maximum Gasteiger partial charge on any atom is 0.251 e. The summed E-state index contributed by atoms with van der Waals surface area (Å²) in [7, 11) is 0. The minimum Gasteiger partial charge on any atom is -0.352 e. The minimum atomic E-state index is -0.202. The molecule has 0 spiro atoms. The van der Waals surface area contributed by atoms with Gasteiger partial charge in [-0.25, -0.2) is 0 Å². The smallest absolute Gasteiger partial charge is 0.251 e. The molecule has 106 valence electrons. The van der Waals surface area contributed by atoms with Crippen LogP contribution in [0.5, 0.6) is 0 Å². The number of nitrogens with one attached hydrogen (secondary N) is 2. The van der Waals surface area contributed by atoms with Crippen molar-refractivity contribution in [3.63, 3.8) is 0 Å². The van der Waals surface area contributed by atoms with E-state index in [0.29, 0.717) is 18.0 Å². The summed E-state index contributed by atoms with van der Waals surface area (Å²) in [6, 6.07) is 7.26. The van der Waals surface area contributed by atoms with Crippen molar-refractivity contribution < 1.29 is 9.59 Å². The van der Waals surface area contributed by atoms with Gasteiger partial charge in [-0.3, -0.25) is 9.59 Å². The van der Waals surface area contributed by atoms with Gasteiger partial charge in [-0.1, -0.05) is 25.1 Å². The molecule has 1 saturated carbocycles. The number of amides is 2. The summed E-state index contributed by atoms with van der Waals surface area (Å²) in [5.41, 5.74) is 1.61. The molecule has 2 amide bonds. The van der Waals surface area contributed by atoms with E-state index in [9.17, 15) is 9.59 Å². The topological polar surface area (TPSA) is 58.2 Å². The van der Waals surface area contributed by atoms with Gasteiger partial charge in [0.15, 0.2) is 0 Å². The van der Waals surface area contributed by atoms with Crippen LogP contribution in [0, 0.1) is 5.92 Å². The first-order chi connectivity index (χ1) is 9.69. The summed E-state index contributed by atoms with van der Waals surface area (Å²) in [5.74, 6) is 0.429. The Morgan fingerprint density at radius 3 is 2.45 bits per heavy atom. The van der Waals surface area contributed by atoms with E-state index < -0.39 is 0 Å². The van der Waals surface area contributed by atoms with Gasteiger partial charge in [0.05, 0.1) is 0 Å². The first-order valence-electron chi connectivity index (χ1n) is 6.96. The summed E-state index contributed by atoms with van der Waals surface area (Å²) in [6.45, 7) is 4.60. The molecule has 0 radical (unpaired) electrons. The third-order valence-electron chi connectivity index (χ3n) is 3.64. The molecule has 0 aliphatic heterocycles. The third kappa shape index (κ3) is 3.95. The number of carbonyl (C=O) groups excluding carboxylic acids is 2. The third-order valence-corrected chi connectivity index (χ3v) is 3.64. The summed E-state index contributed by atoms with van der Waals surface area (Å²) in [4.78, 5) is 23.0. The van der Waals surface area contributed by atoms with Crippen molar-refractivity contribution in [2.45, 2.75) is 25.8 Å². The zero-order valence-corrected chi connectivity index (χ0v) is 11.5. The Bertz CT molecular complexity index is 490. The van der Waals surface area contributed by atoms with Gasteiger partial charge >= 0.3 is 0 Å². The largest absolute Gasteiger partial charge is 0.352 e. The normalized spacial score (nSPS) is 14.2. The fraction of sp³-hybridized carbons (Fsp3) is 0.375. The molecule has 0 heterocycles. The lowest BCUT2D eigenvalue weighted by atomic mass is 9.85. The minimum absolute atomic E-state index is 0.0291. The van der Waals surface area contributed by atoms with Crippen LogP contribution in [-0.2, 0) is 11.3 Å². The lowest BCUT2D eigenvalue weighted by Gasteiger charge is -2.25. The van der Waals surface area contributed by atoms with E-state index in [-0.39, 0.29) is 11.8 Å². The Morgan fingerprint density at radius 1 is 1.20 bits per heavy atom. The van der Waals surface area contributed by atoms with E-state index in [2.05, 4.69) is 17.2 Å². The first-order valence-corrected chi connectivity index (χ1v) is 6.96. The monoisotopic (exact) mass is 272 g/mol. The highest BCUT2D eigenvalue weighted by Gasteiger charge is 2.18. The van der Waals surface area contributed by atoms with Crippen LogP contribution in [0.2, 0.25) is 0 Å². The predicted molar refractivity (Wildman–Crippen MR) is 78.2 cm³/mol. The molecule has 0 saturated heterocycles. The van der Waals surface area contributed by atoms with Crippen LogP contribution in [0.4, 0.5) is 0 Å². The zero-order chi connectivity index (χ0) is 14.4. The molecule has 1 aromatic rings. The van der Waals surface area contributed by atoms with Gasteiger partial charge in [-0.15, -0.1) is 0 Å². The molecule has 0 aromatic heterocycles. The SMILES string of the molecule is C=CC(=O)NCc1ccc(C(=O)NCC2CCC2)cc1. The molecular formula is C16H20N2O2. The van der Waals surface area contributed by atoms with Crippen molar-refractivity contribution in [1.29, 1.82) is 0 Å². The van der Waals surface area contributed by atoms with Crippen molar-refractivity contribution in [3.8, 4) is 0 Å². The molecule has 20 heavy (non-hydrogen) atoms. The average molecular weight is 272 g/mol. The predicted octanol–water partition coefficient (Wildman–Crippen LogP) is 2.02. The number of carbonyl (C=O) groups is 2. The van der Waals surface area contributed by atoms with Gasteiger partial charge in [-0.05, 0) is 42.5 Å². The van der Waals surface area contributed by atoms with Crippen LogP contribution < -0.4 is 10.6 Å². The second-order valence-corrected chi connectivity index (χ2v) is 5.13. The molecule has 1 aromatic carbocycles. The molecule has 1 aliphatic carbocycles. The van der Waals surface area contributed by atoms with E-state index in [1.54, 1.807) is 12.1 Å². The number of hydrogen-bond acceptors (Lipinski definition) is 2. The van der Waals surface area contributed by atoms with Gasteiger partial charge in [0.25, 0.3) is 5.91 Å². The molecule has 4 nitrogen and oxygen atoms in total. The number of rotatable bonds is 6. The lowest BCUT2D eigenvalue weighted by molar-refractivity contribution is -0.116. The highest BCUT2D eigenvalue weighted by Crippen LogP contribution is 2.25. The van der Waals surface area contributed by atoms with Gasteiger partial charge in [0.2, 0.25) is 5.91 Å². The molecule has 0 atom stereocenters. The highest BCUT2D eigenvalue weighted by molar-refractivity contribution is 5.94. The van der Waals surface area contributed by atoms with Gasteiger partial charge in [-0.2, -0.15) is 0 Å². The Kier molecular flexibility index (Phi) is 4.93. The van der Waals surface area contributed by atoms with E-state index in [0.717, 1.165) is 12.1 Å². The van der Waals surface area contributed by atoms with E-state index >= 15 is 0 Å². The summed E-state index contributed by atoms with van der Waals surface area (Å²) in [5, 5.41) is 5.65. The molecule has 1 aliphatic rings. The Hall–Kier alpha value is -2.10. The average Bonchev–Trinajstić information content (AvgIpc) is 2.43. The quantitative estimate of drug-likeness (QED) is 0.778. The summed E-state index contributed by atoms with van der Waals surface area (Å²) in [6.07, 6.45) is 4.97. The standard InChI is InChI=1S/C16H20N2O2/c1-2-15(19)17-10-13-6-8-14(9-7-13)16(20)18-11-12-4-3-5-12/h2,6-9,12H,1,3-5,10-11H2,(H,17,19)(H,18,20). The van der Waals surface area contributed by atoms with Crippen LogP contribution >= 0.6 is 0 Å². The van der Waals surface area contributed by atoms with E-state index in [4.69, 9.17) is 0 Å². The molecule has 0 unspecified atom stereocenters. The fourth-order valence-electron chi connectivity index (χ4n) is 2.07. The van der Waals surface area contributed by atoms with Gasteiger partial charge in [0.1, 0.15) is 0 Å². The second kappa shape index (κ2) is 6.89. The Labute approximate surface area is 119 Å². The maximum atomic E-state index is 11.9. The van der Waals surface area contributed by atoms with Gasteiger partial charge in [0, 0.05) is 18.7 Å². The van der Waals surface area contributed by atoms with E-state index in [1.807, 2.05) is 12.1 Å². The maximum absolute atomic E-state index is 11.9. The molecule has 1 fully saturated rings. The van der Waals surface area contributed by atoms with Crippen molar-refractivity contribution in [3.05, 3.63) is 48.0 Å². The Morgan fingerprint density at radius 2 is 1.90 bits per heavy atom. The number of hydrogen-bond donors (Lipinski definition) is 2. The van der Waals surface area contributed by atoms with Crippen LogP contribution in [-0.4, -0.2) is 18.4 Å². The number of benzene rings is 1. The molecule has 2 rings (SSSR count). The summed E-state index contributed by atoms with van der Waals surface area (Å²) < 4.78 is 0. The van der Waals surface area contributed by atoms with Crippen molar-refractivity contribution in [2.24, 2.45) is 5.92 Å². The summed E-state index contributed by atoms with van der Waals surface area (Å²) >= 11 is 0. The first kappa shape index (κ1) is 14.3. The van der Waals surface area contributed by atoms with Crippen LogP contribution in [0.25, 0.3) is 0 Å². The molecule has 4 heteroatoms. The molecular weight excluding hydrogens is 252 g/mol. The van der Waals surface area contributed by atoms with Crippen molar-refractivity contribution in [2.75, 3.05) is 6.54 Å². The zero-order valence-electron chi connectivity index (χ0n) is 11.5. The van der Waals surface area contributed by atoms with Gasteiger partial charge < -0.3 is 10.6 Å². The second-order valence-electron chi connectivity index (χ2n) is 5.13. The Balaban J connectivity index is 1.81. The fourth-order valence-corrected chi connectivity index (χ4v) is 2.07. The lowest BCUT2D eigenvalue weighted by Crippen LogP contribution is -2.32. The van der Waals surface area contributed by atoms with Crippen LogP contribution in [0.15, 0.2) is 36.9 Å². The molecule has 2 N–H and O–H groups in total. The van der Waals surface area contributed by atoms with Crippen LogP contribution in [0.3, 0.4) is 0 Å². The highest BCUT2D eigenvalue weighted by atomic mass is 16.2. The molecule has 0 bridgehead atoms.